The average Bonchev–Trinajstić information content (AvgIpc) is 2.27. The SMILES string of the molecule is N#Cc1ccc2c[c-]cc([N+](=O)[O-])c2c1.[V]. The van der Waals surface area contributed by atoms with Gasteiger partial charge >= 0.3 is 0 Å². The number of hydrogen-bond donors (Lipinski definition) is 0. The third-order valence-electron chi connectivity index (χ3n) is 2.11. The van der Waals surface area contributed by atoms with E-state index in [-0.39, 0.29) is 24.2 Å². The van der Waals surface area contributed by atoms with Gasteiger partial charge in [-0.25, -0.2) is 0 Å². The first-order chi connectivity index (χ1) is 7.22. The van der Waals surface area contributed by atoms with Crippen LogP contribution in [-0.2, 0) is 18.6 Å². The molecule has 0 atom stereocenters. The van der Waals surface area contributed by atoms with E-state index >= 15 is 0 Å². The Balaban J connectivity index is 0.00000128. The third-order valence-corrected chi connectivity index (χ3v) is 2.11. The van der Waals surface area contributed by atoms with Crippen LogP contribution in [0.1, 0.15) is 5.56 Å². The van der Waals surface area contributed by atoms with Crippen molar-refractivity contribution in [3.8, 4) is 6.07 Å². The summed E-state index contributed by atoms with van der Waals surface area (Å²) in [6.45, 7) is 0. The number of rotatable bonds is 1. The molecule has 0 aliphatic carbocycles. The van der Waals surface area contributed by atoms with Gasteiger partial charge in [-0.3, -0.25) is 10.1 Å². The summed E-state index contributed by atoms with van der Waals surface area (Å²) >= 11 is 0. The van der Waals surface area contributed by atoms with E-state index in [0.717, 1.165) is 0 Å². The first-order valence-electron chi connectivity index (χ1n) is 4.21. The molecule has 2 aromatic rings. The van der Waals surface area contributed by atoms with Crippen molar-refractivity contribution in [1.29, 1.82) is 5.26 Å². The van der Waals surface area contributed by atoms with Gasteiger partial charge in [0, 0.05) is 29.0 Å². The Morgan fingerprint density at radius 2 is 2.12 bits per heavy atom. The molecule has 4 nitrogen and oxygen atoms in total. The fourth-order valence-corrected chi connectivity index (χ4v) is 1.41. The van der Waals surface area contributed by atoms with E-state index in [9.17, 15) is 10.1 Å². The largest absolute Gasteiger partial charge is 0.270 e. The molecule has 0 fully saturated rings. The zero-order valence-electron chi connectivity index (χ0n) is 8.04. The molecule has 2 aromatic carbocycles. The van der Waals surface area contributed by atoms with Crippen LogP contribution in [0, 0.1) is 27.5 Å². The molecule has 0 N–H and O–H groups in total. The number of nitrogens with zero attached hydrogens (tertiary/aromatic N) is 2. The van der Waals surface area contributed by atoms with E-state index in [1.54, 1.807) is 18.2 Å². The van der Waals surface area contributed by atoms with Crippen molar-refractivity contribution in [2.24, 2.45) is 0 Å². The van der Waals surface area contributed by atoms with Crippen LogP contribution in [0.15, 0.2) is 30.3 Å². The second kappa shape index (κ2) is 4.80. The molecule has 0 bridgehead atoms. The Kier molecular flexibility index (Phi) is 3.67. The van der Waals surface area contributed by atoms with Gasteiger partial charge in [-0.1, -0.05) is 23.6 Å². The maximum atomic E-state index is 10.7. The van der Waals surface area contributed by atoms with Crippen molar-refractivity contribution < 1.29 is 23.5 Å². The van der Waals surface area contributed by atoms with Gasteiger partial charge in [-0.15, -0.1) is 11.5 Å². The van der Waals surface area contributed by atoms with E-state index in [1.807, 2.05) is 6.07 Å². The van der Waals surface area contributed by atoms with E-state index < -0.39 is 4.92 Å². The fourth-order valence-electron chi connectivity index (χ4n) is 1.41. The fraction of sp³-hybridized carbons (Fsp3) is 0. The van der Waals surface area contributed by atoms with Crippen LogP contribution in [0.25, 0.3) is 10.8 Å². The molecule has 0 saturated carbocycles. The van der Waals surface area contributed by atoms with Crippen LogP contribution in [0.5, 0.6) is 0 Å². The van der Waals surface area contributed by atoms with Crippen LogP contribution in [0.2, 0.25) is 0 Å². The van der Waals surface area contributed by atoms with Gasteiger partial charge in [0.2, 0.25) is 0 Å². The zero-order chi connectivity index (χ0) is 10.8. The summed E-state index contributed by atoms with van der Waals surface area (Å²) in [4.78, 5) is 10.2. The number of nitro benzene ring substituents is 1. The minimum absolute atomic E-state index is 0. The first-order valence-corrected chi connectivity index (χ1v) is 4.21. The molecule has 0 aliphatic rings. The summed E-state index contributed by atoms with van der Waals surface area (Å²) < 4.78 is 0. The van der Waals surface area contributed by atoms with Gasteiger partial charge in [0.15, 0.2) is 5.69 Å². The van der Waals surface area contributed by atoms with Crippen molar-refractivity contribution in [1.82, 2.24) is 0 Å². The van der Waals surface area contributed by atoms with Gasteiger partial charge in [-0.05, 0) is 0 Å². The summed E-state index contributed by atoms with van der Waals surface area (Å²) in [6, 6.07) is 12.4. The number of nitriles is 1. The third kappa shape index (κ3) is 2.06. The van der Waals surface area contributed by atoms with Crippen molar-refractivity contribution in [3.63, 3.8) is 0 Å². The van der Waals surface area contributed by atoms with Crippen LogP contribution >= 0.6 is 0 Å². The summed E-state index contributed by atoms with van der Waals surface area (Å²) in [5.74, 6) is 0. The molecule has 0 saturated heterocycles. The molecule has 0 aliphatic heterocycles. The summed E-state index contributed by atoms with van der Waals surface area (Å²) in [5, 5.41) is 20.6. The van der Waals surface area contributed by atoms with Crippen molar-refractivity contribution in [2.45, 2.75) is 0 Å². The number of fused-ring (bicyclic) bond motifs is 1. The Hall–Kier alpha value is -1.83. The maximum Gasteiger partial charge on any atom is 0.170 e. The van der Waals surface area contributed by atoms with Crippen LogP contribution in [-0.4, -0.2) is 4.92 Å². The number of hydrogen-bond acceptors (Lipinski definition) is 3. The molecule has 0 spiro atoms. The molecule has 5 heteroatoms. The molecule has 0 aromatic heterocycles. The minimum atomic E-state index is -0.472. The number of nitro groups is 1. The molecule has 0 amide bonds. The Bertz CT molecular complexity index is 590. The predicted octanol–water partition coefficient (Wildman–Crippen LogP) is 2.42. The quantitative estimate of drug-likeness (QED) is 0.442. The minimum Gasteiger partial charge on any atom is -0.270 e. The van der Waals surface area contributed by atoms with Crippen LogP contribution in [0.4, 0.5) is 5.69 Å². The van der Waals surface area contributed by atoms with Gasteiger partial charge < -0.3 is 0 Å². The number of benzene rings is 2. The predicted molar refractivity (Wildman–Crippen MR) is 54.2 cm³/mol. The molecule has 0 unspecified atom stereocenters. The normalized spacial score (nSPS) is 9.19. The second-order valence-corrected chi connectivity index (χ2v) is 3.01. The summed E-state index contributed by atoms with van der Waals surface area (Å²) in [5.41, 5.74) is 0.390. The molecule has 1 radical (unpaired) electrons. The second-order valence-electron chi connectivity index (χ2n) is 3.01. The van der Waals surface area contributed by atoms with Gasteiger partial charge in [0.1, 0.15) is 0 Å². The molecule has 77 valence electrons. The van der Waals surface area contributed by atoms with E-state index in [0.29, 0.717) is 16.3 Å². The zero-order valence-corrected chi connectivity index (χ0v) is 9.44. The first kappa shape index (κ1) is 12.2. The standard InChI is InChI=1S/C11H5N2O2.V/c12-7-8-4-5-9-2-1-3-11(13(14)15)10(9)6-8;/h2-6H;/q-1;. The van der Waals surface area contributed by atoms with Gasteiger partial charge in [0.05, 0.1) is 6.07 Å². The Morgan fingerprint density at radius 1 is 1.38 bits per heavy atom. The molecule has 16 heavy (non-hydrogen) atoms. The van der Waals surface area contributed by atoms with Crippen LogP contribution in [0.3, 0.4) is 0 Å². The molecule has 2 rings (SSSR count). The van der Waals surface area contributed by atoms with Crippen LogP contribution < -0.4 is 0 Å². The molecule has 0 heterocycles. The van der Waals surface area contributed by atoms with Gasteiger partial charge in [-0.2, -0.15) is 17.4 Å². The van der Waals surface area contributed by atoms with E-state index in [1.165, 1.54) is 12.1 Å². The van der Waals surface area contributed by atoms with E-state index in [2.05, 4.69) is 6.07 Å². The van der Waals surface area contributed by atoms with Crippen molar-refractivity contribution in [3.05, 3.63) is 52.1 Å². The van der Waals surface area contributed by atoms with Crippen molar-refractivity contribution >= 4 is 16.5 Å². The summed E-state index contributed by atoms with van der Waals surface area (Å²) in [7, 11) is 0. The Morgan fingerprint density at radius 3 is 2.75 bits per heavy atom. The Labute approximate surface area is 104 Å². The van der Waals surface area contributed by atoms with E-state index in [4.69, 9.17) is 5.26 Å². The maximum absolute atomic E-state index is 10.7. The summed E-state index contributed by atoms with van der Waals surface area (Å²) in [6.07, 6.45) is 0. The molecular formula is C11H5N2O2V-. The molecular weight excluding hydrogens is 243 g/mol. The van der Waals surface area contributed by atoms with Crippen molar-refractivity contribution in [2.75, 3.05) is 0 Å². The monoisotopic (exact) mass is 248 g/mol. The smallest absolute Gasteiger partial charge is 0.170 e. The topological polar surface area (TPSA) is 66.9 Å². The van der Waals surface area contributed by atoms with Gasteiger partial charge in [0.25, 0.3) is 0 Å². The average molecular weight is 248 g/mol. The number of non-ortho nitro benzene ring substituents is 1.